The van der Waals surface area contributed by atoms with E-state index < -0.39 is 0 Å². The normalized spacial score (nSPS) is 24.6. The maximum Gasteiger partial charge on any atom is 0.0931 e. The average molecular weight is 301 g/mol. The SMILES string of the molecule is CC1(C)CN(Cc2ccc(Cl)s2)C(C(C)(C)C)CN1. The fraction of sp³-hybridized carbons (Fsp3) is 0.733. The van der Waals surface area contributed by atoms with E-state index in [-0.39, 0.29) is 11.0 Å². The molecule has 108 valence electrons. The fourth-order valence-corrected chi connectivity index (χ4v) is 3.95. The molecule has 1 aliphatic heterocycles. The van der Waals surface area contributed by atoms with Crippen LogP contribution in [0.25, 0.3) is 0 Å². The number of nitrogens with zero attached hydrogens (tertiary/aromatic N) is 1. The van der Waals surface area contributed by atoms with Gasteiger partial charge in [0.15, 0.2) is 0 Å². The Bertz CT molecular complexity index is 434. The van der Waals surface area contributed by atoms with Crippen LogP contribution in [-0.4, -0.2) is 29.6 Å². The Morgan fingerprint density at radius 3 is 2.63 bits per heavy atom. The van der Waals surface area contributed by atoms with E-state index in [9.17, 15) is 0 Å². The molecule has 1 aliphatic rings. The van der Waals surface area contributed by atoms with Crippen LogP contribution in [0, 0.1) is 5.41 Å². The molecule has 0 bridgehead atoms. The van der Waals surface area contributed by atoms with Gasteiger partial charge >= 0.3 is 0 Å². The summed E-state index contributed by atoms with van der Waals surface area (Å²) in [5.41, 5.74) is 0.466. The lowest BCUT2D eigenvalue weighted by Gasteiger charge is -2.49. The number of hydrogen-bond donors (Lipinski definition) is 1. The van der Waals surface area contributed by atoms with Crippen LogP contribution in [0.5, 0.6) is 0 Å². The van der Waals surface area contributed by atoms with Gasteiger partial charge in [0.1, 0.15) is 0 Å². The third-order valence-electron chi connectivity index (χ3n) is 3.80. The van der Waals surface area contributed by atoms with E-state index in [0.717, 1.165) is 24.0 Å². The molecule has 1 atom stereocenters. The summed E-state index contributed by atoms with van der Waals surface area (Å²) >= 11 is 7.75. The number of rotatable bonds is 2. The van der Waals surface area contributed by atoms with Crippen molar-refractivity contribution in [3.8, 4) is 0 Å². The van der Waals surface area contributed by atoms with Crippen molar-refractivity contribution in [1.29, 1.82) is 0 Å². The van der Waals surface area contributed by atoms with E-state index in [4.69, 9.17) is 11.6 Å². The highest BCUT2D eigenvalue weighted by Crippen LogP contribution is 2.31. The van der Waals surface area contributed by atoms with Crippen molar-refractivity contribution < 1.29 is 0 Å². The predicted molar refractivity (Wildman–Crippen MR) is 85.1 cm³/mol. The number of thiophene rings is 1. The third kappa shape index (κ3) is 3.94. The van der Waals surface area contributed by atoms with Gasteiger partial charge < -0.3 is 5.32 Å². The first-order valence-electron chi connectivity index (χ1n) is 6.91. The lowest BCUT2D eigenvalue weighted by Crippen LogP contribution is -2.64. The molecule has 2 nitrogen and oxygen atoms in total. The lowest BCUT2D eigenvalue weighted by atomic mass is 9.82. The minimum absolute atomic E-state index is 0.183. The van der Waals surface area contributed by atoms with Gasteiger partial charge in [-0.2, -0.15) is 0 Å². The van der Waals surface area contributed by atoms with Gasteiger partial charge in [0, 0.05) is 36.1 Å². The van der Waals surface area contributed by atoms with E-state index >= 15 is 0 Å². The largest absolute Gasteiger partial charge is 0.309 e. The minimum Gasteiger partial charge on any atom is -0.309 e. The zero-order valence-corrected chi connectivity index (χ0v) is 14.2. The van der Waals surface area contributed by atoms with Gasteiger partial charge in [-0.05, 0) is 31.4 Å². The van der Waals surface area contributed by atoms with Crippen LogP contribution in [0.4, 0.5) is 0 Å². The Morgan fingerprint density at radius 1 is 1.42 bits per heavy atom. The van der Waals surface area contributed by atoms with Gasteiger partial charge in [-0.1, -0.05) is 32.4 Å². The molecule has 1 saturated heterocycles. The molecule has 19 heavy (non-hydrogen) atoms. The summed E-state index contributed by atoms with van der Waals surface area (Å²) < 4.78 is 0.886. The Hall–Kier alpha value is -0.0900. The minimum atomic E-state index is 0.183. The van der Waals surface area contributed by atoms with Crippen molar-refractivity contribution in [3.63, 3.8) is 0 Å². The molecule has 1 aromatic heterocycles. The quantitative estimate of drug-likeness (QED) is 0.888. The van der Waals surface area contributed by atoms with Gasteiger partial charge in [0.25, 0.3) is 0 Å². The zero-order chi connectivity index (χ0) is 14.3. The topological polar surface area (TPSA) is 15.3 Å². The van der Waals surface area contributed by atoms with Gasteiger partial charge in [0.2, 0.25) is 0 Å². The Labute approximate surface area is 126 Å². The summed E-state index contributed by atoms with van der Waals surface area (Å²) in [4.78, 5) is 3.97. The fourth-order valence-electron chi connectivity index (χ4n) is 2.83. The molecule has 1 fully saturated rings. The van der Waals surface area contributed by atoms with Crippen molar-refractivity contribution in [3.05, 3.63) is 21.3 Å². The maximum atomic E-state index is 6.05. The van der Waals surface area contributed by atoms with Crippen molar-refractivity contribution in [2.24, 2.45) is 5.41 Å². The highest BCUT2D eigenvalue weighted by Gasteiger charge is 2.38. The average Bonchev–Trinajstić information content (AvgIpc) is 2.60. The molecule has 0 aliphatic carbocycles. The number of piperazine rings is 1. The summed E-state index contributed by atoms with van der Waals surface area (Å²) in [6.45, 7) is 14.7. The Morgan fingerprint density at radius 2 is 2.11 bits per heavy atom. The molecular formula is C15H25ClN2S. The predicted octanol–water partition coefficient (Wildman–Crippen LogP) is 4.00. The highest BCUT2D eigenvalue weighted by molar-refractivity contribution is 7.16. The molecule has 0 radical (unpaired) electrons. The second-order valence-electron chi connectivity index (χ2n) is 7.26. The number of nitrogens with one attached hydrogen (secondary N) is 1. The van der Waals surface area contributed by atoms with Gasteiger partial charge in [0.05, 0.1) is 4.34 Å². The molecule has 0 aromatic carbocycles. The summed E-state index contributed by atoms with van der Waals surface area (Å²) in [7, 11) is 0. The lowest BCUT2D eigenvalue weighted by molar-refractivity contribution is 0.0279. The van der Waals surface area contributed by atoms with Crippen LogP contribution < -0.4 is 5.32 Å². The van der Waals surface area contributed by atoms with E-state index in [1.807, 2.05) is 6.07 Å². The van der Waals surface area contributed by atoms with Crippen LogP contribution >= 0.6 is 22.9 Å². The van der Waals surface area contributed by atoms with Crippen LogP contribution in [-0.2, 0) is 6.54 Å². The van der Waals surface area contributed by atoms with E-state index in [1.165, 1.54) is 4.88 Å². The van der Waals surface area contributed by atoms with Crippen molar-refractivity contribution in [2.75, 3.05) is 13.1 Å². The van der Waals surface area contributed by atoms with Crippen LogP contribution in [0.2, 0.25) is 4.34 Å². The summed E-state index contributed by atoms with van der Waals surface area (Å²) in [6, 6.07) is 4.71. The number of halogens is 1. The van der Waals surface area contributed by atoms with E-state index in [2.05, 4.69) is 50.9 Å². The first-order valence-corrected chi connectivity index (χ1v) is 8.10. The highest BCUT2D eigenvalue weighted by atomic mass is 35.5. The molecule has 1 N–H and O–H groups in total. The van der Waals surface area contributed by atoms with Crippen LogP contribution in [0.1, 0.15) is 39.5 Å². The van der Waals surface area contributed by atoms with Gasteiger partial charge in [-0.25, -0.2) is 0 Å². The van der Waals surface area contributed by atoms with Crippen LogP contribution in [0.15, 0.2) is 12.1 Å². The second-order valence-corrected chi connectivity index (χ2v) is 9.06. The number of hydrogen-bond acceptors (Lipinski definition) is 3. The molecular weight excluding hydrogens is 276 g/mol. The van der Waals surface area contributed by atoms with Crippen molar-refractivity contribution in [2.45, 2.75) is 52.7 Å². The first-order chi connectivity index (χ1) is 8.67. The van der Waals surface area contributed by atoms with Crippen LogP contribution in [0.3, 0.4) is 0 Å². The molecule has 4 heteroatoms. The molecule has 2 heterocycles. The monoisotopic (exact) mass is 300 g/mol. The Balaban J connectivity index is 2.16. The van der Waals surface area contributed by atoms with E-state index in [1.54, 1.807) is 11.3 Å². The van der Waals surface area contributed by atoms with Gasteiger partial charge in [-0.15, -0.1) is 11.3 Å². The molecule has 1 aromatic rings. The molecule has 0 amide bonds. The molecule has 2 rings (SSSR count). The van der Waals surface area contributed by atoms with Crippen molar-refractivity contribution in [1.82, 2.24) is 10.2 Å². The zero-order valence-electron chi connectivity index (χ0n) is 12.6. The molecule has 1 unspecified atom stereocenters. The summed E-state index contributed by atoms with van der Waals surface area (Å²) in [5, 5.41) is 3.67. The smallest absolute Gasteiger partial charge is 0.0931 e. The van der Waals surface area contributed by atoms with Crippen molar-refractivity contribution >= 4 is 22.9 Å². The first kappa shape index (κ1) is 15.3. The maximum absolute atomic E-state index is 6.05. The third-order valence-corrected chi connectivity index (χ3v) is 5.02. The van der Waals surface area contributed by atoms with E-state index in [0.29, 0.717) is 6.04 Å². The Kier molecular flexibility index (Phi) is 4.32. The summed E-state index contributed by atoms with van der Waals surface area (Å²) in [5.74, 6) is 0. The molecule has 0 saturated carbocycles. The second kappa shape index (κ2) is 5.36. The standard InChI is InChI=1S/C15H25ClN2S/c1-14(2,3)12-8-17-15(4,5)10-18(12)9-11-6-7-13(16)19-11/h6-7,12,17H,8-10H2,1-5H3. The summed E-state index contributed by atoms with van der Waals surface area (Å²) in [6.07, 6.45) is 0. The van der Waals surface area contributed by atoms with Gasteiger partial charge in [-0.3, -0.25) is 4.90 Å². The molecule has 0 spiro atoms.